The lowest BCUT2D eigenvalue weighted by molar-refractivity contribution is -0.274. The molecule has 1 aromatic heterocycles. The van der Waals surface area contributed by atoms with E-state index in [1.807, 2.05) is 0 Å². The van der Waals surface area contributed by atoms with E-state index in [1.54, 1.807) is 6.92 Å². The van der Waals surface area contributed by atoms with Crippen molar-refractivity contribution in [1.29, 1.82) is 0 Å². The van der Waals surface area contributed by atoms with Crippen molar-refractivity contribution >= 4 is 52.6 Å². The highest BCUT2D eigenvalue weighted by Gasteiger charge is 2.54. The van der Waals surface area contributed by atoms with Crippen LogP contribution in [0.3, 0.4) is 0 Å². The van der Waals surface area contributed by atoms with Crippen LogP contribution in [0.15, 0.2) is 48.7 Å². The molecule has 2 aliphatic rings. The molecule has 2 heterocycles. The Kier molecular flexibility index (Phi) is 6.30. The first-order chi connectivity index (χ1) is 18.2. The van der Waals surface area contributed by atoms with Crippen molar-refractivity contribution < 1.29 is 37.4 Å². The molecule has 0 radical (unpaired) electrons. The molecule has 2 aromatic carbocycles. The number of carbonyl (C=O) groups is 3. The second-order valence-corrected chi connectivity index (χ2v) is 10.4. The number of anilines is 2. The molecule has 0 bridgehead atoms. The Labute approximate surface area is 229 Å². The van der Waals surface area contributed by atoms with Crippen molar-refractivity contribution in [3.05, 3.63) is 70.0 Å². The van der Waals surface area contributed by atoms with Crippen LogP contribution in [0.25, 0.3) is 0 Å². The van der Waals surface area contributed by atoms with E-state index in [4.69, 9.17) is 23.2 Å². The number of aromatic nitrogens is 2. The molecule has 14 heteroatoms. The summed E-state index contributed by atoms with van der Waals surface area (Å²) in [7, 11) is 0. The number of fused-ring (bicyclic) bond motifs is 1. The maximum absolute atomic E-state index is 14.0. The lowest BCUT2D eigenvalue weighted by Crippen LogP contribution is -2.46. The Morgan fingerprint density at radius 1 is 1.13 bits per heavy atom. The molecule has 0 saturated heterocycles. The Hall–Kier alpha value is -3.77. The third-order valence-corrected chi connectivity index (χ3v) is 7.09. The number of nitrogens with one attached hydrogen (secondary N) is 1. The SMILES string of the molecule is C[C@@]1(Cc2ccc(OC(F)(F)F)cc2)C(=O)N(c2cc(Cl)cc(Cl)c2)c2ncc(C(=O)NC3(C(=O)O)CC3)n21. The van der Waals surface area contributed by atoms with Gasteiger partial charge in [0.2, 0.25) is 5.95 Å². The molecule has 2 amide bonds. The number of amides is 2. The summed E-state index contributed by atoms with van der Waals surface area (Å²) in [5.74, 6) is -2.81. The molecular formula is C25H19Cl2F3N4O5. The number of imidazole rings is 1. The highest BCUT2D eigenvalue weighted by Crippen LogP contribution is 2.44. The van der Waals surface area contributed by atoms with Gasteiger partial charge < -0.3 is 15.2 Å². The van der Waals surface area contributed by atoms with Crippen molar-refractivity contribution in [1.82, 2.24) is 14.9 Å². The minimum Gasteiger partial charge on any atom is -0.480 e. The molecular weight excluding hydrogens is 564 g/mol. The summed E-state index contributed by atoms with van der Waals surface area (Å²) in [6.07, 6.45) is -3.19. The summed E-state index contributed by atoms with van der Waals surface area (Å²) in [4.78, 5) is 44.4. The van der Waals surface area contributed by atoms with Crippen LogP contribution in [0.4, 0.5) is 24.8 Å². The monoisotopic (exact) mass is 582 g/mol. The normalized spacial score (nSPS) is 19.5. The number of alkyl halides is 3. The van der Waals surface area contributed by atoms with Crippen molar-refractivity contribution in [2.45, 2.75) is 43.6 Å². The van der Waals surface area contributed by atoms with Gasteiger partial charge >= 0.3 is 12.3 Å². The van der Waals surface area contributed by atoms with Gasteiger partial charge in [-0.2, -0.15) is 0 Å². The molecule has 1 atom stereocenters. The number of hydrogen-bond acceptors (Lipinski definition) is 5. The van der Waals surface area contributed by atoms with Crippen LogP contribution in [-0.4, -0.2) is 44.3 Å². The fraction of sp³-hybridized carbons (Fsp3) is 0.280. The molecule has 1 saturated carbocycles. The second-order valence-electron chi connectivity index (χ2n) is 9.53. The first kappa shape index (κ1) is 26.8. The first-order valence-corrected chi connectivity index (χ1v) is 12.3. The number of carbonyl (C=O) groups excluding carboxylic acids is 2. The minimum atomic E-state index is -4.86. The average molecular weight is 583 g/mol. The first-order valence-electron chi connectivity index (χ1n) is 11.5. The van der Waals surface area contributed by atoms with Crippen LogP contribution in [0, 0.1) is 0 Å². The summed E-state index contributed by atoms with van der Waals surface area (Å²) in [5.41, 5.74) is -2.23. The van der Waals surface area contributed by atoms with Gasteiger partial charge in [-0.25, -0.2) is 14.7 Å². The van der Waals surface area contributed by atoms with E-state index < -0.39 is 41.0 Å². The van der Waals surface area contributed by atoms with Crippen molar-refractivity contribution in [3.8, 4) is 5.75 Å². The number of benzene rings is 2. The number of nitrogens with zero attached hydrogens (tertiary/aromatic N) is 3. The van der Waals surface area contributed by atoms with Gasteiger partial charge in [-0.3, -0.25) is 14.2 Å². The van der Waals surface area contributed by atoms with E-state index in [1.165, 1.54) is 46.0 Å². The highest BCUT2D eigenvalue weighted by molar-refractivity contribution is 6.35. The lowest BCUT2D eigenvalue weighted by atomic mass is 9.91. The Morgan fingerprint density at radius 3 is 2.28 bits per heavy atom. The molecule has 1 fully saturated rings. The molecule has 2 N–H and O–H groups in total. The number of hydrogen-bond donors (Lipinski definition) is 2. The average Bonchev–Trinajstić information content (AvgIpc) is 3.42. The van der Waals surface area contributed by atoms with E-state index in [0.717, 1.165) is 12.1 Å². The largest absolute Gasteiger partial charge is 0.573 e. The molecule has 1 aliphatic heterocycles. The van der Waals surface area contributed by atoms with Crippen LogP contribution in [0.2, 0.25) is 10.0 Å². The third kappa shape index (κ3) is 4.89. The Morgan fingerprint density at radius 2 is 1.74 bits per heavy atom. The molecule has 3 aromatic rings. The lowest BCUT2D eigenvalue weighted by Gasteiger charge is -2.27. The molecule has 39 heavy (non-hydrogen) atoms. The molecule has 204 valence electrons. The van der Waals surface area contributed by atoms with Gasteiger partial charge in [0.15, 0.2) is 0 Å². The quantitative estimate of drug-likeness (QED) is 0.402. The zero-order chi connectivity index (χ0) is 28.3. The van der Waals surface area contributed by atoms with Crippen LogP contribution < -0.4 is 15.0 Å². The van der Waals surface area contributed by atoms with E-state index in [-0.39, 0.29) is 46.6 Å². The maximum Gasteiger partial charge on any atom is 0.573 e. The number of ether oxygens (including phenoxy) is 1. The van der Waals surface area contributed by atoms with Gasteiger partial charge in [0.1, 0.15) is 22.5 Å². The number of halogens is 5. The van der Waals surface area contributed by atoms with Crippen molar-refractivity contribution in [3.63, 3.8) is 0 Å². The van der Waals surface area contributed by atoms with E-state index in [2.05, 4.69) is 15.0 Å². The molecule has 0 unspecified atom stereocenters. The summed E-state index contributed by atoms with van der Waals surface area (Å²) in [5, 5.41) is 12.5. The fourth-order valence-corrected chi connectivity index (χ4v) is 5.15. The van der Waals surface area contributed by atoms with E-state index in [9.17, 15) is 32.7 Å². The van der Waals surface area contributed by atoms with Crippen molar-refractivity contribution in [2.75, 3.05) is 4.90 Å². The molecule has 5 rings (SSSR count). The predicted molar refractivity (Wildman–Crippen MR) is 133 cm³/mol. The third-order valence-electron chi connectivity index (χ3n) is 6.66. The summed E-state index contributed by atoms with van der Waals surface area (Å²) in [6.45, 7) is 1.55. The summed E-state index contributed by atoms with van der Waals surface area (Å²) in [6, 6.07) is 9.43. The van der Waals surface area contributed by atoms with Gasteiger partial charge in [-0.15, -0.1) is 13.2 Å². The maximum atomic E-state index is 14.0. The van der Waals surface area contributed by atoms with Gasteiger partial charge in [-0.05, 0) is 55.7 Å². The van der Waals surface area contributed by atoms with Gasteiger partial charge in [0, 0.05) is 16.5 Å². The van der Waals surface area contributed by atoms with Crippen LogP contribution in [-0.2, 0) is 21.5 Å². The fourth-order valence-electron chi connectivity index (χ4n) is 4.63. The highest BCUT2D eigenvalue weighted by atomic mass is 35.5. The standard InChI is InChI=1S/C25H19Cl2F3N4O5/c1-23(11-13-2-4-17(5-3-13)39-25(28,29)30)20(36)33(16-9-14(26)8-15(27)10-16)22-31-12-18(34(22)23)19(35)32-24(6-7-24)21(37)38/h2-5,8-10,12H,6-7,11H2,1H3,(H,32,35)(H,37,38)/t23-/m1/s1. The Bertz CT molecular complexity index is 1480. The smallest absolute Gasteiger partial charge is 0.480 e. The van der Waals surface area contributed by atoms with Crippen LogP contribution in [0.1, 0.15) is 35.8 Å². The van der Waals surface area contributed by atoms with Crippen LogP contribution >= 0.6 is 23.2 Å². The summed E-state index contributed by atoms with van der Waals surface area (Å²) < 4.78 is 43.1. The number of aliphatic carboxylic acids is 1. The number of carboxylic acids is 1. The van der Waals surface area contributed by atoms with Gasteiger partial charge in [0.05, 0.1) is 11.9 Å². The minimum absolute atomic E-state index is 0.0585. The van der Waals surface area contributed by atoms with Gasteiger partial charge in [-0.1, -0.05) is 35.3 Å². The van der Waals surface area contributed by atoms with E-state index in [0.29, 0.717) is 5.56 Å². The van der Waals surface area contributed by atoms with E-state index >= 15 is 0 Å². The number of rotatable bonds is 7. The summed E-state index contributed by atoms with van der Waals surface area (Å²) >= 11 is 12.3. The van der Waals surface area contributed by atoms with Crippen molar-refractivity contribution in [2.24, 2.45) is 0 Å². The number of carboxylic acid groups (broad SMARTS) is 1. The molecule has 0 spiro atoms. The predicted octanol–water partition coefficient (Wildman–Crippen LogP) is 5.07. The zero-order valence-electron chi connectivity index (χ0n) is 20.1. The van der Waals surface area contributed by atoms with Crippen LogP contribution in [0.5, 0.6) is 5.75 Å². The Balaban J connectivity index is 1.57. The zero-order valence-corrected chi connectivity index (χ0v) is 21.6. The van der Waals surface area contributed by atoms with Gasteiger partial charge in [0.25, 0.3) is 11.8 Å². The topological polar surface area (TPSA) is 114 Å². The second kappa shape index (κ2) is 9.16. The molecule has 1 aliphatic carbocycles. The molecule has 9 nitrogen and oxygen atoms in total.